The molecule has 1 aliphatic rings. The molecule has 1 saturated heterocycles. The Labute approximate surface area is 121 Å². The number of hydrogen-bond donors (Lipinski definition) is 1. The van der Waals surface area contributed by atoms with E-state index in [-0.39, 0.29) is 0 Å². The predicted octanol–water partition coefficient (Wildman–Crippen LogP) is 3.06. The van der Waals surface area contributed by atoms with Crippen molar-refractivity contribution in [2.24, 2.45) is 5.92 Å². The van der Waals surface area contributed by atoms with E-state index in [9.17, 15) is 0 Å². The zero-order valence-electron chi connectivity index (χ0n) is 12.3. The highest BCUT2D eigenvalue weighted by atomic mass is 15.2. The average molecular weight is 269 g/mol. The van der Waals surface area contributed by atoms with Crippen LogP contribution in [0, 0.1) is 5.92 Å². The zero-order valence-corrected chi connectivity index (χ0v) is 12.3. The van der Waals surface area contributed by atoms with Crippen molar-refractivity contribution in [2.75, 3.05) is 24.5 Å². The molecule has 0 saturated carbocycles. The summed E-state index contributed by atoms with van der Waals surface area (Å²) in [6.45, 7) is 7.84. The van der Waals surface area contributed by atoms with E-state index in [0.717, 1.165) is 31.1 Å². The van der Waals surface area contributed by atoms with Gasteiger partial charge in [0.2, 0.25) is 0 Å². The lowest BCUT2D eigenvalue weighted by molar-refractivity contribution is 0.480. The van der Waals surface area contributed by atoms with Crippen molar-refractivity contribution in [1.82, 2.24) is 10.3 Å². The topological polar surface area (TPSA) is 28.2 Å². The van der Waals surface area contributed by atoms with Crippen LogP contribution in [0.3, 0.4) is 0 Å². The van der Waals surface area contributed by atoms with Crippen molar-refractivity contribution in [1.29, 1.82) is 0 Å². The van der Waals surface area contributed by atoms with Crippen LogP contribution in [0.2, 0.25) is 0 Å². The molecule has 0 radical (unpaired) electrons. The maximum Gasteiger partial charge on any atom is 0.0722 e. The molecule has 2 heterocycles. The number of fused-ring (bicyclic) bond motifs is 1. The van der Waals surface area contributed by atoms with Crippen LogP contribution in [-0.4, -0.2) is 30.7 Å². The van der Waals surface area contributed by atoms with Gasteiger partial charge in [-0.25, -0.2) is 0 Å². The van der Waals surface area contributed by atoms with Crippen LogP contribution < -0.4 is 10.2 Å². The van der Waals surface area contributed by atoms with E-state index in [2.05, 4.69) is 53.3 Å². The quantitative estimate of drug-likeness (QED) is 0.924. The highest BCUT2D eigenvalue weighted by molar-refractivity contribution is 5.91. The number of benzene rings is 1. The SMILES string of the molecule is CC(C)NCC1CCN(c2cccc3ncccc23)C1. The second kappa shape index (κ2) is 5.80. The number of aromatic nitrogens is 1. The second-order valence-corrected chi connectivity index (χ2v) is 6.01. The fraction of sp³-hybridized carbons (Fsp3) is 0.471. The van der Waals surface area contributed by atoms with Crippen molar-refractivity contribution in [3.63, 3.8) is 0 Å². The first-order valence-electron chi connectivity index (χ1n) is 7.56. The van der Waals surface area contributed by atoms with Crippen molar-refractivity contribution < 1.29 is 0 Å². The number of anilines is 1. The molecular formula is C17H23N3. The standard InChI is InChI=1S/C17H23N3/c1-13(2)19-11-14-8-10-20(12-14)17-7-3-6-16-15(17)5-4-9-18-16/h3-7,9,13-14,19H,8,10-12H2,1-2H3. The molecule has 2 aromatic rings. The van der Waals surface area contributed by atoms with E-state index >= 15 is 0 Å². The Morgan fingerprint density at radius 3 is 3.05 bits per heavy atom. The summed E-state index contributed by atoms with van der Waals surface area (Å²) < 4.78 is 0. The lowest BCUT2D eigenvalue weighted by atomic mass is 10.1. The summed E-state index contributed by atoms with van der Waals surface area (Å²) in [5, 5.41) is 4.83. The van der Waals surface area contributed by atoms with Crippen molar-refractivity contribution >= 4 is 16.6 Å². The maximum atomic E-state index is 4.45. The number of hydrogen-bond acceptors (Lipinski definition) is 3. The first kappa shape index (κ1) is 13.4. The molecule has 20 heavy (non-hydrogen) atoms. The minimum absolute atomic E-state index is 0.575. The average Bonchev–Trinajstić information content (AvgIpc) is 2.93. The fourth-order valence-corrected chi connectivity index (χ4v) is 2.98. The van der Waals surface area contributed by atoms with Crippen LogP contribution >= 0.6 is 0 Å². The molecule has 0 amide bonds. The Morgan fingerprint density at radius 2 is 2.20 bits per heavy atom. The molecule has 1 N–H and O–H groups in total. The minimum Gasteiger partial charge on any atom is -0.371 e. The van der Waals surface area contributed by atoms with Gasteiger partial charge in [0.1, 0.15) is 0 Å². The summed E-state index contributed by atoms with van der Waals surface area (Å²) in [7, 11) is 0. The highest BCUT2D eigenvalue weighted by Gasteiger charge is 2.23. The molecule has 0 bridgehead atoms. The number of nitrogens with one attached hydrogen (secondary N) is 1. The van der Waals surface area contributed by atoms with E-state index in [1.807, 2.05) is 12.3 Å². The van der Waals surface area contributed by atoms with Crippen LogP contribution in [0.4, 0.5) is 5.69 Å². The van der Waals surface area contributed by atoms with Gasteiger partial charge in [0.25, 0.3) is 0 Å². The summed E-state index contributed by atoms with van der Waals surface area (Å²) in [4.78, 5) is 6.96. The van der Waals surface area contributed by atoms with E-state index in [0.29, 0.717) is 6.04 Å². The molecule has 0 spiro atoms. The van der Waals surface area contributed by atoms with Gasteiger partial charge < -0.3 is 10.2 Å². The summed E-state index contributed by atoms with van der Waals surface area (Å²) in [6, 6.07) is 11.2. The molecule has 3 rings (SSSR count). The van der Waals surface area contributed by atoms with Gasteiger partial charge in [-0.2, -0.15) is 0 Å². The van der Waals surface area contributed by atoms with Gasteiger partial charge >= 0.3 is 0 Å². The molecule has 1 fully saturated rings. The Bertz CT molecular complexity index is 574. The van der Waals surface area contributed by atoms with Crippen LogP contribution in [-0.2, 0) is 0 Å². The van der Waals surface area contributed by atoms with Crippen molar-refractivity contribution in [2.45, 2.75) is 26.3 Å². The van der Waals surface area contributed by atoms with E-state index < -0.39 is 0 Å². The molecule has 3 heteroatoms. The van der Waals surface area contributed by atoms with Crippen LogP contribution in [0.5, 0.6) is 0 Å². The van der Waals surface area contributed by atoms with Crippen molar-refractivity contribution in [3.8, 4) is 0 Å². The summed E-state index contributed by atoms with van der Waals surface area (Å²) in [5.74, 6) is 0.754. The Hall–Kier alpha value is -1.61. The van der Waals surface area contributed by atoms with Crippen molar-refractivity contribution in [3.05, 3.63) is 36.5 Å². The fourth-order valence-electron chi connectivity index (χ4n) is 2.98. The molecule has 1 unspecified atom stereocenters. The normalized spacial score (nSPS) is 19.1. The monoisotopic (exact) mass is 269 g/mol. The van der Waals surface area contributed by atoms with E-state index in [1.165, 1.54) is 17.5 Å². The number of nitrogens with zero attached hydrogens (tertiary/aromatic N) is 2. The summed E-state index contributed by atoms with van der Waals surface area (Å²) >= 11 is 0. The molecule has 106 valence electrons. The van der Waals surface area contributed by atoms with Crippen LogP contribution in [0.15, 0.2) is 36.5 Å². The van der Waals surface area contributed by atoms with Gasteiger partial charge in [0.05, 0.1) is 5.52 Å². The minimum atomic E-state index is 0.575. The molecule has 1 aromatic carbocycles. The van der Waals surface area contributed by atoms with Gasteiger partial charge in [0.15, 0.2) is 0 Å². The van der Waals surface area contributed by atoms with Gasteiger partial charge in [0, 0.05) is 36.4 Å². The van der Waals surface area contributed by atoms with E-state index in [1.54, 1.807) is 0 Å². The van der Waals surface area contributed by atoms with Gasteiger partial charge in [-0.15, -0.1) is 0 Å². The van der Waals surface area contributed by atoms with Gasteiger partial charge in [-0.05, 0) is 43.1 Å². The Kier molecular flexibility index (Phi) is 3.88. The van der Waals surface area contributed by atoms with E-state index in [4.69, 9.17) is 0 Å². The molecule has 0 aliphatic carbocycles. The Balaban J connectivity index is 1.76. The third-order valence-electron chi connectivity index (χ3n) is 4.06. The predicted molar refractivity (Wildman–Crippen MR) is 85.2 cm³/mol. The smallest absolute Gasteiger partial charge is 0.0722 e. The molecule has 1 atom stereocenters. The molecule has 1 aliphatic heterocycles. The third kappa shape index (κ3) is 2.78. The maximum absolute atomic E-state index is 4.45. The summed E-state index contributed by atoms with van der Waals surface area (Å²) in [6.07, 6.45) is 3.14. The molecular weight excluding hydrogens is 246 g/mol. The highest BCUT2D eigenvalue weighted by Crippen LogP contribution is 2.29. The lowest BCUT2D eigenvalue weighted by Gasteiger charge is -2.21. The second-order valence-electron chi connectivity index (χ2n) is 6.01. The molecule has 3 nitrogen and oxygen atoms in total. The first-order valence-corrected chi connectivity index (χ1v) is 7.56. The third-order valence-corrected chi connectivity index (χ3v) is 4.06. The van der Waals surface area contributed by atoms with Gasteiger partial charge in [-0.1, -0.05) is 19.9 Å². The number of pyridine rings is 1. The first-order chi connectivity index (χ1) is 9.74. The van der Waals surface area contributed by atoms with Crippen LogP contribution in [0.1, 0.15) is 20.3 Å². The van der Waals surface area contributed by atoms with Crippen LogP contribution in [0.25, 0.3) is 10.9 Å². The van der Waals surface area contributed by atoms with Gasteiger partial charge in [-0.3, -0.25) is 4.98 Å². The Morgan fingerprint density at radius 1 is 1.30 bits per heavy atom. The summed E-state index contributed by atoms with van der Waals surface area (Å²) in [5.41, 5.74) is 2.43. The lowest BCUT2D eigenvalue weighted by Crippen LogP contribution is -2.30. The zero-order chi connectivity index (χ0) is 13.9. The number of rotatable bonds is 4. The molecule has 1 aromatic heterocycles. The largest absolute Gasteiger partial charge is 0.371 e.